The van der Waals surface area contributed by atoms with Crippen LogP contribution in [-0.2, 0) is 11.2 Å². The van der Waals surface area contributed by atoms with Crippen LogP contribution in [0, 0.1) is 0 Å². The van der Waals surface area contributed by atoms with Gasteiger partial charge in [0, 0.05) is 17.9 Å². The summed E-state index contributed by atoms with van der Waals surface area (Å²) in [6.45, 7) is -0.394. The molecule has 1 N–H and O–H groups in total. The number of alkyl halides is 2. The topological polar surface area (TPSA) is 29.5 Å². The van der Waals surface area contributed by atoms with Gasteiger partial charge >= 0.3 is 0 Å². The summed E-state index contributed by atoms with van der Waals surface area (Å²) in [7, 11) is 0. The standard InChI is InChI=1S/C10H13BrF2O2S/c11-9-2-1-8(16-9)5-7(14)3-4-15-6-10(12)13/h1-2,7,10,14H,3-6H2. The lowest BCUT2D eigenvalue weighted by Gasteiger charge is -2.09. The first-order chi connectivity index (χ1) is 7.58. The third-order valence-corrected chi connectivity index (χ3v) is 3.55. The zero-order chi connectivity index (χ0) is 12.0. The third kappa shape index (κ3) is 5.89. The highest BCUT2D eigenvalue weighted by Gasteiger charge is 2.08. The van der Waals surface area contributed by atoms with Crippen LogP contribution in [0.2, 0.25) is 0 Å². The molecule has 0 bridgehead atoms. The van der Waals surface area contributed by atoms with Crippen molar-refractivity contribution in [1.29, 1.82) is 0 Å². The van der Waals surface area contributed by atoms with Crippen LogP contribution in [-0.4, -0.2) is 30.8 Å². The van der Waals surface area contributed by atoms with Crippen LogP contribution in [0.15, 0.2) is 15.9 Å². The molecule has 0 radical (unpaired) electrons. The van der Waals surface area contributed by atoms with E-state index in [4.69, 9.17) is 4.74 Å². The number of aliphatic hydroxyl groups excluding tert-OH is 1. The van der Waals surface area contributed by atoms with E-state index in [1.807, 2.05) is 12.1 Å². The molecule has 1 aromatic heterocycles. The Morgan fingerprint density at radius 2 is 2.19 bits per heavy atom. The normalized spacial score (nSPS) is 13.3. The summed E-state index contributed by atoms with van der Waals surface area (Å²) in [5, 5.41) is 9.60. The fourth-order valence-corrected chi connectivity index (χ4v) is 2.74. The van der Waals surface area contributed by atoms with Gasteiger partial charge in [-0.15, -0.1) is 11.3 Å². The van der Waals surface area contributed by atoms with Crippen molar-refractivity contribution < 1.29 is 18.6 Å². The van der Waals surface area contributed by atoms with E-state index in [-0.39, 0.29) is 6.61 Å². The molecule has 1 aromatic rings. The molecule has 0 aromatic carbocycles. The molecule has 1 unspecified atom stereocenters. The van der Waals surface area contributed by atoms with E-state index in [0.717, 1.165) is 8.66 Å². The van der Waals surface area contributed by atoms with E-state index in [1.165, 1.54) is 0 Å². The second-order valence-corrected chi connectivity index (χ2v) is 5.87. The minimum Gasteiger partial charge on any atom is -0.393 e. The molecule has 1 atom stereocenters. The van der Waals surface area contributed by atoms with Crippen LogP contribution in [0.25, 0.3) is 0 Å². The van der Waals surface area contributed by atoms with E-state index in [2.05, 4.69) is 15.9 Å². The first-order valence-corrected chi connectivity index (χ1v) is 6.47. The Morgan fingerprint density at radius 1 is 1.44 bits per heavy atom. The highest BCUT2D eigenvalue weighted by Crippen LogP contribution is 2.23. The minimum absolute atomic E-state index is 0.165. The Balaban J connectivity index is 2.13. The summed E-state index contributed by atoms with van der Waals surface area (Å²) in [6.07, 6.45) is -2.06. The monoisotopic (exact) mass is 314 g/mol. The number of hydrogen-bond acceptors (Lipinski definition) is 3. The van der Waals surface area contributed by atoms with Crippen molar-refractivity contribution in [3.63, 3.8) is 0 Å². The van der Waals surface area contributed by atoms with Gasteiger partial charge in [0.15, 0.2) is 0 Å². The summed E-state index contributed by atoms with van der Waals surface area (Å²) in [4.78, 5) is 1.06. The van der Waals surface area contributed by atoms with Gasteiger partial charge in [0.1, 0.15) is 6.61 Å². The van der Waals surface area contributed by atoms with Gasteiger partial charge in [-0.3, -0.25) is 0 Å². The number of rotatable bonds is 7. The maximum Gasteiger partial charge on any atom is 0.261 e. The van der Waals surface area contributed by atoms with Crippen LogP contribution < -0.4 is 0 Å². The summed E-state index contributed by atoms with van der Waals surface area (Å²) < 4.78 is 29.1. The van der Waals surface area contributed by atoms with E-state index in [9.17, 15) is 13.9 Å². The summed E-state index contributed by atoms with van der Waals surface area (Å²) in [5.41, 5.74) is 0. The van der Waals surface area contributed by atoms with Crippen LogP contribution in [0.1, 0.15) is 11.3 Å². The molecule has 0 aliphatic rings. The summed E-state index contributed by atoms with van der Waals surface area (Å²) in [6, 6.07) is 3.85. The zero-order valence-electron chi connectivity index (χ0n) is 8.54. The van der Waals surface area contributed by atoms with Crippen molar-refractivity contribution in [3.8, 4) is 0 Å². The number of ether oxygens (including phenoxy) is 1. The van der Waals surface area contributed by atoms with Gasteiger partial charge in [0.2, 0.25) is 0 Å². The quantitative estimate of drug-likeness (QED) is 0.784. The van der Waals surface area contributed by atoms with E-state index in [1.54, 1.807) is 11.3 Å². The Hall–Kier alpha value is -0.0400. The zero-order valence-corrected chi connectivity index (χ0v) is 10.9. The van der Waals surface area contributed by atoms with Crippen molar-refractivity contribution >= 4 is 27.3 Å². The molecule has 0 saturated carbocycles. The maximum atomic E-state index is 11.7. The van der Waals surface area contributed by atoms with Crippen molar-refractivity contribution in [1.82, 2.24) is 0 Å². The number of halogens is 3. The molecule has 6 heteroatoms. The molecule has 1 rings (SSSR count). The van der Waals surface area contributed by atoms with Gasteiger partial charge in [-0.05, 0) is 34.5 Å². The number of hydrogen-bond donors (Lipinski definition) is 1. The molecule has 2 nitrogen and oxygen atoms in total. The van der Waals surface area contributed by atoms with Crippen LogP contribution in [0.3, 0.4) is 0 Å². The smallest absolute Gasteiger partial charge is 0.261 e. The molecule has 1 heterocycles. The highest BCUT2D eigenvalue weighted by atomic mass is 79.9. The predicted octanol–water partition coefficient (Wildman–Crippen LogP) is 3.09. The van der Waals surface area contributed by atoms with Crippen LogP contribution >= 0.6 is 27.3 Å². The van der Waals surface area contributed by atoms with Crippen molar-refractivity contribution in [2.45, 2.75) is 25.4 Å². The first kappa shape index (κ1) is 14.0. The highest BCUT2D eigenvalue weighted by molar-refractivity contribution is 9.11. The molecule has 92 valence electrons. The first-order valence-electron chi connectivity index (χ1n) is 4.86. The third-order valence-electron chi connectivity index (χ3n) is 1.90. The SMILES string of the molecule is OC(CCOCC(F)F)Cc1ccc(Br)s1. The number of thiophene rings is 1. The van der Waals surface area contributed by atoms with Crippen molar-refractivity contribution in [2.75, 3.05) is 13.2 Å². The van der Waals surface area contributed by atoms with Gasteiger partial charge in [-0.25, -0.2) is 8.78 Å². The minimum atomic E-state index is -2.44. The number of aliphatic hydroxyl groups is 1. The predicted molar refractivity (Wildman–Crippen MR) is 63.2 cm³/mol. The van der Waals surface area contributed by atoms with Gasteiger partial charge in [0.25, 0.3) is 6.43 Å². The van der Waals surface area contributed by atoms with Gasteiger partial charge in [-0.2, -0.15) is 0 Å². The summed E-state index contributed by atoms with van der Waals surface area (Å²) in [5.74, 6) is 0. The van der Waals surface area contributed by atoms with Crippen LogP contribution in [0.4, 0.5) is 8.78 Å². The fourth-order valence-electron chi connectivity index (χ4n) is 1.19. The Morgan fingerprint density at radius 3 is 2.75 bits per heavy atom. The van der Waals surface area contributed by atoms with Gasteiger partial charge in [-0.1, -0.05) is 0 Å². The Bertz CT molecular complexity index is 307. The molecule has 0 amide bonds. The van der Waals surface area contributed by atoms with E-state index < -0.39 is 19.1 Å². The maximum absolute atomic E-state index is 11.7. The Kier molecular flexibility index (Phi) is 6.41. The summed E-state index contributed by atoms with van der Waals surface area (Å²) >= 11 is 4.89. The van der Waals surface area contributed by atoms with E-state index >= 15 is 0 Å². The second-order valence-electron chi connectivity index (χ2n) is 3.32. The average molecular weight is 315 g/mol. The molecular weight excluding hydrogens is 302 g/mol. The molecule has 0 aliphatic heterocycles. The average Bonchev–Trinajstić information content (AvgIpc) is 2.58. The molecule has 0 fully saturated rings. The molecular formula is C10H13BrF2O2S. The molecule has 0 saturated heterocycles. The van der Waals surface area contributed by atoms with Gasteiger partial charge in [0.05, 0.1) is 9.89 Å². The lowest BCUT2D eigenvalue weighted by atomic mass is 10.2. The molecule has 0 aliphatic carbocycles. The van der Waals surface area contributed by atoms with Crippen LogP contribution in [0.5, 0.6) is 0 Å². The lowest BCUT2D eigenvalue weighted by Crippen LogP contribution is -2.14. The second kappa shape index (κ2) is 7.32. The van der Waals surface area contributed by atoms with Crippen molar-refractivity contribution in [3.05, 3.63) is 20.8 Å². The lowest BCUT2D eigenvalue weighted by molar-refractivity contribution is 0.00519. The molecule has 0 spiro atoms. The fraction of sp³-hybridized carbons (Fsp3) is 0.600. The Labute approximate surface area is 105 Å². The van der Waals surface area contributed by atoms with E-state index in [0.29, 0.717) is 12.8 Å². The molecule has 16 heavy (non-hydrogen) atoms. The largest absolute Gasteiger partial charge is 0.393 e. The van der Waals surface area contributed by atoms with Crippen molar-refractivity contribution in [2.24, 2.45) is 0 Å². The van der Waals surface area contributed by atoms with Gasteiger partial charge < -0.3 is 9.84 Å².